The molecule has 96 valence electrons. The first-order valence-corrected chi connectivity index (χ1v) is 6.50. The number of carbonyl (C=O) groups excluding carboxylic acids is 1. The van der Waals surface area contributed by atoms with E-state index in [4.69, 9.17) is 4.74 Å². The Morgan fingerprint density at radius 1 is 1.12 bits per heavy atom. The van der Waals surface area contributed by atoms with Crippen LogP contribution >= 0.6 is 0 Å². The molecule has 0 bridgehead atoms. The average Bonchev–Trinajstić information content (AvgIpc) is 2.30. The molecule has 0 aromatic carbocycles. The molecular weight excluding hydrogens is 212 g/mol. The molecule has 0 aliphatic carbocycles. The summed E-state index contributed by atoms with van der Waals surface area (Å²) in [5.74, 6) is 5.92. The third-order valence-corrected chi connectivity index (χ3v) is 2.35. The molecule has 0 saturated heterocycles. The molecule has 0 spiro atoms. The van der Waals surface area contributed by atoms with Gasteiger partial charge in [0, 0.05) is 13.3 Å². The Balaban J connectivity index is 3.09. The molecular formula is C15H24O2. The predicted molar refractivity (Wildman–Crippen MR) is 71.5 cm³/mol. The first-order valence-electron chi connectivity index (χ1n) is 6.50. The molecule has 0 unspecified atom stereocenters. The van der Waals surface area contributed by atoms with Crippen molar-refractivity contribution in [1.82, 2.24) is 0 Å². The third-order valence-electron chi connectivity index (χ3n) is 2.35. The van der Waals surface area contributed by atoms with Crippen molar-refractivity contribution in [2.24, 2.45) is 0 Å². The fourth-order valence-corrected chi connectivity index (χ4v) is 1.45. The van der Waals surface area contributed by atoms with Crippen molar-refractivity contribution >= 4 is 5.97 Å². The highest BCUT2D eigenvalue weighted by molar-refractivity contribution is 5.65. The Bertz CT molecular complexity index is 268. The van der Waals surface area contributed by atoms with Gasteiger partial charge in [0.25, 0.3) is 0 Å². The van der Waals surface area contributed by atoms with Gasteiger partial charge in [0.1, 0.15) is 0 Å². The van der Waals surface area contributed by atoms with Gasteiger partial charge in [-0.25, -0.2) is 0 Å². The molecule has 2 nitrogen and oxygen atoms in total. The van der Waals surface area contributed by atoms with Crippen molar-refractivity contribution in [2.75, 3.05) is 6.61 Å². The standard InChI is InChI=1S/C15H24O2/c1-3-4-5-6-7-8-9-10-11-12-13-14-17-15(2)16/h3-4H,7-14H2,1-2H3/b4-3-. The number of carbonyl (C=O) groups is 1. The van der Waals surface area contributed by atoms with Crippen molar-refractivity contribution in [3.8, 4) is 11.8 Å². The molecule has 0 N–H and O–H groups in total. The van der Waals surface area contributed by atoms with Crippen molar-refractivity contribution < 1.29 is 9.53 Å². The lowest BCUT2D eigenvalue weighted by Gasteiger charge is -2.01. The van der Waals surface area contributed by atoms with Crippen molar-refractivity contribution in [1.29, 1.82) is 0 Å². The largest absolute Gasteiger partial charge is 0.466 e. The number of hydrogen-bond acceptors (Lipinski definition) is 2. The van der Waals surface area contributed by atoms with Crippen LogP contribution in [0.4, 0.5) is 0 Å². The van der Waals surface area contributed by atoms with Crippen molar-refractivity contribution in [3.05, 3.63) is 12.2 Å². The van der Waals surface area contributed by atoms with Gasteiger partial charge in [0.15, 0.2) is 0 Å². The summed E-state index contributed by atoms with van der Waals surface area (Å²) >= 11 is 0. The average molecular weight is 236 g/mol. The maximum Gasteiger partial charge on any atom is 0.302 e. The lowest BCUT2D eigenvalue weighted by atomic mass is 10.1. The van der Waals surface area contributed by atoms with Crippen LogP contribution in [0.2, 0.25) is 0 Å². The molecule has 0 heterocycles. The van der Waals surface area contributed by atoms with E-state index in [9.17, 15) is 4.79 Å². The van der Waals surface area contributed by atoms with E-state index in [1.165, 1.54) is 32.6 Å². The molecule has 0 aromatic rings. The Morgan fingerprint density at radius 3 is 2.41 bits per heavy atom. The molecule has 2 heteroatoms. The number of rotatable bonds is 8. The van der Waals surface area contributed by atoms with Gasteiger partial charge in [-0.2, -0.15) is 0 Å². The smallest absolute Gasteiger partial charge is 0.302 e. The van der Waals surface area contributed by atoms with Gasteiger partial charge in [0.2, 0.25) is 0 Å². The second kappa shape index (κ2) is 12.8. The normalized spacial score (nSPS) is 10.0. The minimum absolute atomic E-state index is 0.176. The molecule has 0 saturated carbocycles. The van der Waals surface area contributed by atoms with E-state index in [2.05, 4.69) is 11.8 Å². The summed E-state index contributed by atoms with van der Waals surface area (Å²) in [6.07, 6.45) is 11.9. The minimum atomic E-state index is -0.176. The van der Waals surface area contributed by atoms with E-state index in [1.54, 1.807) is 0 Å². The summed E-state index contributed by atoms with van der Waals surface area (Å²) < 4.78 is 4.86. The Hall–Kier alpha value is -1.23. The van der Waals surface area contributed by atoms with Gasteiger partial charge in [0.05, 0.1) is 6.61 Å². The first kappa shape index (κ1) is 15.8. The van der Waals surface area contributed by atoms with Gasteiger partial charge in [-0.1, -0.05) is 43.6 Å². The Morgan fingerprint density at radius 2 is 1.76 bits per heavy atom. The topological polar surface area (TPSA) is 26.3 Å². The maximum absolute atomic E-state index is 10.5. The number of allylic oxidation sites excluding steroid dienone is 2. The van der Waals surface area contributed by atoms with Crippen molar-refractivity contribution in [3.63, 3.8) is 0 Å². The quantitative estimate of drug-likeness (QED) is 0.363. The second-order valence-electron chi connectivity index (χ2n) is 4.03. The van der Waals surface area contributed by atoms with E-state index < -0.39 is 0 Å². The van der Waals surface area contributed by atoms with E-state index >= 15 is 0 Å². The molecule has 0 aliphatic rings. The SMILES string of the molecule is C/C=C\C#CCCCCCCCCOC(C)=O. The minimum Gasteiger partial charge on any atom is -0.466 e. The number of unbranched alkanes of at least 4 members (excludes halogenated alkanes) is 6. The van der Waals surface area contributed by atoms with E-state index in [1.807, 2.05) is 19.1 Å². The summed E-state index contributed by atoms with van der Waals surface area (Å²) in [6.45, 7) is 4.00. The second-order valence-corrected chi connectivity index (χ2v) is 4.03. The van der Waals surface area contributed by atoms with Gasteiger partial charge < -0.3 is 4.74 Å². The lowest BCUT2D eigenvalue weighted by molar-refractivity contribution is -0.141. The molecule has 0 rings (SSSR count). The highest BCUT2D eigenvalue weighted by Crippen LogP contribution is 2.06. The zero-order chi connectivity index (χ0) is 12.8. The van der Waals surface area contributed by atoms with E-state index in [0.717, 1.165) is 19.3 Å². The Labute approximate surface area is 105 Å². The number of esters is 1. The molecule has 0 aromatic heterocycles. The number of hydrogen-bond donors (Lipinski definition) is 0. The predicted octanol–water partition coefficient (Wildman–Crippen LogP) is 3.86. The van der Waals surface area contributed by atoms with Crippen LogP contribution in [-0.4, -0.2) is 12.6 Å². The van der Waals surface area contributed by atoms with Crippen LogP contribution in [0, 0.1) is 11.8 Å². The van der Waals surface area contributed by atoms with Crippen LogP contribution in [-0.2, 0) is 9.53 Å². The summed E-state index contributed by atoms with van der Waals surface area (Å²) in [4.78, 5) is 10.5. The van der Waals surface area contributed by atoms with Crippen LogP contribution < -0.4 is 0 Å². The highest BCUT2D eigenvalue weighted by Gasteiger charge is 1.93. The highest BCUT2D eigenvalue weighted by atomic mass is 16.5. The fraction of sp³-hybridized carbons (Fsp3) is 0.667. The summed E-state index contributed by atoms with van der Waals surface area (Å²) in [6, 6.07) is 0. The molecule has 0 radical (unpaired) electrons. The zero-order valence-electron chi connectivity index (χ0n) is 11.1. The molecule has 0 amide bonds. The van der Waals surface area contributed by atoms with Crippen molar-refractivity contribution in [2.45, 2.75) is 58.8 Å². The summed E-state index contributed by atoms with van der Waals surface area (Å²) in [5, 5.41) is 0. The molecule has 17 heavy (non-hydrogen) atoms. The Kier molecular flexibility index (Phi) is 11.9. The third kappa shape index (κ3) is 14.8. The van der Waals surface area contributed by atoms with Gasteiger partial charge in [-0.05, 0) is 25.8 Å². The zero-order valence-corrected chi connectivity index (χ0v) is 11.1. The molecule has 0 fully saturated rings. The summed E-state index contributed by atoms with van der Waals surface area (Å²) in [5.41, 5.74) is 0. The number of ether oxygens (including phenoxy) is 1. The molecule has 0 atom stereocenters. The van der Waals surface area contributed by atoms with Crippen LogP contribution in [0.25, 0.3) is 0 Å². The van der Waals surface area contributed by atoms with Gasteiger partial charge in [-0.15, -0.1) is 0 Å². The van der Waals surface area contributed by atoms with Gasteiger partial charge >= 0.3 is 5.97 Å². The monoisotopic (exact) mass is 236 g/mol. The molecule has 0 aliphatic heterocycles. The fourth-order valence-electron chi connectivity index (χ4n) is 1.45. The van der Waals surface area contributed by atoms with E-state index in [0.29, 0.717) is 6.61 Å². The first-order chi connectivity index (χ1) is 8.27. The summed E-state index contributed by atoms with van der Waals surface area (Å²) in [7, 11) is 0. The van der Waals surface area contributed by atoms with Crippen LogP contribution in [0.5, 0.6) is 0 Å². The van der Waals surface area contributed by atoms with E-state index in [-0.39, 0.29) is 5.97 Å². The van der Waals surface area contributed by atoms with Crippen LogP contribution in [0.1, 0.15) is 58.8 Å². The van der Waals surface area contributed by atoms with Crippen LogP contribution in [0.15, 0.2) is 12.2 Å². The van der Waals surface area contributed by atoms with Crippen LogP contribution in [0.3, 0.4) is 0 Å². The maximum atomic E-state index is 10.5. The van der Waals surface area contributed by atoms with Gasteiger partial charge in [-0.3, -0.25) is 4.79 Å². The lowest BCUT2D eigenvalue weighted by Crippen LogP contribution is -1.99.